The number of aliphatic imine (C=N–C) groups is 1. The second kappa shape index (κ2) is 7.93. The Bertz CT molecular complexity index is 661. The van der Waals surface area contributed by atoms with Crippen LogP contribution in [0.15, 0.2) is 47.0 Å². The summed E-state index contributed by atoms with van der Waals surface area (Å²) in [4.78, 5) is 23.5. The van der Waals surface area contributed by atoms with Crippen molar-refractivity contribution in [3.05, 3.63) is 53.1 Å². The van der Waals surface area contributed by atoms with Crippen LogP contribution in [-0.4, -0.2) is 41.1 Å². The van der Waals surface area contributed by atoms with Gasteiger partial charge in [-0.2, -0.15) is 0 Å². The van der Waals surface area contributed by atoms with E-state index in [1.807, 2.05) is 6.34 Å². The minimum Gasteiger partial charge on any atom is -0.478 e. The molecule has 120 valence electrons. The van der Waals surface area contributed by atoms with E-state index in [0.717, 1.165) is 19.4 Å². The van der Waals surface area contributed by atoms with Gasteiger partial charge in [0, 0.05) is 18.7 Å². The quantitative estimate of drug-likeness (QED) is 0.735. The minimum absolute atomic E-state index is 0.450. The molecule has 1 aliphatic heterocycles. The fraction of sp³-hybridized carbons (Fsp3) is 0.235. The van der Waals surface area contributed by atoms with Crippen molar-refractivity contribution >= 4 is 24.4 Å². The molecule has 6 heteroatoms. The lowest BCUT2D eigenvalue weighted by atomic mass is 10.0. The zero-order valence-corrected chi connectivity index (χ0v) is 12.5. The van der Waals surface area contributed by atoms with Crippen molar-refractivity contribution in [2.45, 2.75) is 18.9 Å². The molecule has 3 N–H and O–H groups in total. The third-order valence-electron chi connectivity index (χ3n) is 3.43. The van der Waals surface area contributed by atoms with Crippen LogP contribution in [0.5, 0.6) is 0 Å². The number of benzene rings is 1. The molecule has 1 aromatic carbocycles. The molecule has 23 heavy (non-hydrogen) atoms. The molecule has 0 radical (unpaired) electrons. The van der Waals surface area contributed by atoms with E-state index in [2.05, 4.69) is 40.7 Å². The van der Waals surface area contributed by atoms with E-state index in [1.165, 1.54) is 16.7 Å². The molecule has 3 rings (SSSR count). The molecule has 0 saturated heterocycles. The van der Waals surface area contributed by atoms with Crippen LogP contribution in [0.25, 0.3) is 6.08 Å². The lowest BCUT2D eigenvalue weighted by molar-refractivity contribution is -0.134. The third kappa shape index (κ3) is 5.43. The molecule has 0 fully saturated rings. The molecular formula is C17H18N2O4. The standard InChI is InChI=1S/C13H14N2.C4H4O4/c1-2-4-12-6-10(5-11(12)3-1)7-13-8-14-9-15-13;5-3(6)1-2-4(7)8/h1-5,9,13H,6-8H2,(H,14,15);1-2H,(H,5,6)(H,7,8)/b;2-1+. The number of hydrogen-bond acceptors (Lipinski definition) is 4. The fourth-order valence-electron chi connectivity index (χ4n) is 2.45. The van der Waals surface area contributed by atoms with E-state index in [4.69, 9.17) is 10.2 Å². The number of aliphatic carboxylic acids is 2. The number of carboxylic acid groups (broad SMARTS) is 2. The summed E-state index contributed by atoms with van der Waals surface area (Å²) >= 11 is 0. The van der Waals surface area contributed by atoms with Crippen molar-refractivity contribution in [1.29, 1.82) is 0 Å². The van der Waals surface area contributed by atoms with Crippen LogP contribution < -0.4 is 5.32 Å². The van der Waals surface area contributed by atoms with E-state index < -0.39 is 11.9 Å². The van der Waals surface area contributed by atoms with Gasteiger partial charge in [0.05, 0.1) is 12.4 Å². The Balaban J connectivity index is 0.000000207. The highest BCUT2D eigenvalue weighted by molar-refractivity contribution is 5.89. The predicted molar refractivity (Wildman–Crippen MR) is 87.4 cm³/mol. The fourth-order valence-corrected chi connectivity index (χ4v) is 2.45. The van der Waals surface area contributed by atoms with Gasteiger partial charge in [-0.1, -0.05) is 35.9 Å². The van der Waals surface area contributed by atoms with E-state index in [0.29, 0.717) is 18.2 Å². The Hall–Kier alpha value is -2.89. The molecule has 0 bridgehead atoms. The highest BCUT2D eigenvalue weighted by Crippen LogP contribution is 2.27. The lowest BCUT2D eigenvalue weighted by Gasteiger charge is -2.06. The molecule has 1 heterocycles. The first-order valence-corrected chi connectivity index (χ1v) is 7.21. The van der Waals surface area contributed by atoms with Crippen LogP contribution in [0.3, 0.4) is 0 Å². The predicted octanol–water partition coefficient (Wildman–Crippen LogP) is 1.73. The van der Waals surface area contributed by atoms with Crippen molar-refractivity contribution in [2.24, 2.45) is 4.99 Å². The molecular weight excluding hydrogens is 296 g/mol. The highest BCUT2D eigenvalue weighted by Gasteiger charge is 2.17. The molecule has 1 atom stereocenters. The van der Waals surface area contributed by atoms with Gasteiger partial charge in [-0.15, -0.1) is 0 Å². The van der Waals surface area contributed by atoms with Gasteiger partial charge in [-0.05, 0) is 24.0 Å². The Labute approximate surface area is 133 Å². The first kappa shape index (κ1) is 16.5. The van der Waals surface area contributed by atoms with Crippen LogP contribution >= 0.6 is 0 Å². The Morgan fingerprint density at radius 3 is 2.48 bits per heavy atom. The molecule has 2 aliphatic rings. The average molecular weight is 314 g/mol. The van der Waals surface area contributed by atoms with Gasteiger partial charge < -0.3 is 15.5 Å². The van der Waals surface area contributed by atoms with E-state index in [1.54, 1.807) is 0 Å². The monoisotopic (exact) mass is 314 g/mol. The summed E-state index contributed by atoms with van der Waals surface area (Å²) in [5, 5.41) is 18.8. The van der Waals surface area contributed by atoms with Crippen LogP contribution in [0.2, 0.25) is 0 Å². The molecule has 6 nitrogen and oxygen atoms in total. The Morgan fingerprint density at radius 1 is 1.22 bits per heavy atom. The first-order valence-electron chi connectivity index (χ1n) is 7.21. The van der Waals surface area contributed by atoms with Crippen molar-refractivity contribution in [3.63, 3.8) is 0 Å². The molecule has 0 amide bonds. The number of rotatable bonds is 4. The Kier molecular flexibility index (Phi) is 5.68. The van der Waals surface area contributed by atoms with Crippen molar-refractivity contribution < 1.29 is 19.8 Å². The summed E-state index contributed by atoms with van der Waals surface area (Å²) in [5.74, 6) is -2.51. The molecule has 1 aliphatic carbocycles. The maximum Gasteiger partial charge on any atom is 0.328 e. The summed E-state index contributed by atoms with van der Waals surface area (Å²) in [6, 6.07) is 9.08. The number of nitrogens with zero attached hydrogens (tertiary/aromatic N) is 1. The number of carboxylic acids is 2. The molecule has 1 aromatic rings. The average Bonchev–Trinajstić information content (AvgIpc) is 3.14. The normalized spacial score (nSPS) is 17.9. The lowest BCUT2D eigenvalue weighted by Crippen LogP contribution is -2.15. The van der Waals surface area contributed by atoms with Gasteiger partial charge in [0.1, 0.15) is 0 Å². The van der Waals surface area contributed by atoms with Gasteiger partial charge in [0.15, 0.2) is 0 Å². The number of fused-ring (bicyclic) bond motifs is 1. The molecule has 0 spiro atoms. The summed E-state index contributed by atoms with van der Waals surface area (Å²) in [7, 11) is 0. The first-order chi connectivity index (χ1) is 11.0. The summed E-state index contributed by atoms with van der Waals surface area (Å²) in [5.41, 5.74) is 4.37. The maximum absolute atomic E-state index is 9.55. The van der Waals surface area contributed by atoms with Gasteiger partial charge in [0.2, 0.25) is 0 Å². The summed E-state index contributed by atoms with van der Waals surface area (Å²) in [6.45, 7) is 0.994. The number of hydrogen-bond donors (Lipinski definition) is 3. The van der Waals surface area contributed by atoms with Gasteiger partial charge in [-0.3, -0.25) is 4.99 Å². The van der Waals surface area contributed by atoms with Crippen molar-refractivity contribution in [2.75, 3.05) is 6.54 Å². The van der Waals surface area contributed by atoms with Gasteiger partial charge in [-0.25, -0.2) is 9.59 Å². The second-order valence-electron chi connectivity index (χ2n) is 5.23. The third-order valence-corrected chi connectivity index (χ3v) is 3.43. The summed E-state index contributed by atoms with van der Waals surface area (Å²) in [6.07, 6.45) is 7.47. The minimum atomic E-state index is -1.26. The molecule has 0 aromatic heterocycles. The van der Waals surface area contributed by atoms with Crippen LogP contribution in [0.1, 0.15) is 17.5 Å². The zero-order valence-electron chi connectivity index (χ0n) is 12.5. The van der Waals surface area contributed by atoms with E-state index in [-0.39, 0.29) is 0 Å². The maximum atomic E-state index is 9.55. The zero-order chi connectivity index (χ0) is 16.7. The van der Waals surface area contributed by atoms with Crippen molar-refractivity contribution in [1.82, 2.24) is 5.32 Å². The smallest absolute Gasteiger partial charge is 0.328 e. The number of nitrogens with one attached hydrogen (secondary N) is 1. The van der Waals surface area contributed by atoms with Gasteiger partial charge >= 0.3 is 11.9 Å². The topological polar surface area (TPSA) is 99.0 Å². The van der Waals surface area contributed by atoms with Gasteiger partial charge in [0.25, 0.3) is 0 Å². The van der Waals surface area contributed by atoms with Crippen LogP contribution in [0, 0.1) is 0 Å². The SMILES string of the molecule is C1=NC(CC2=Cc3ccccc3C2)CN1.O=C(O)/C=C/C(=O)O. The highest BCUT2D eigenvalue weighted by atomic mass is 16.4. The molecule has 0 saturated carbocycles. The summed E-state index contributed by atoms with van der Waals surface area (Å²) < 4.78 is 0. The van der Waals surface area contributed by atoms with Crippen LogP contribution in [-0.2, 0) is 16.0 Å². The number of carbonyl (C=O) groups is 2. The van der Waals surface area contributed by atoms with E-state index in [9.17, 15) is 9.59 Å². The Morgan fingerprint density at radius 2 is 1.91 bits per heavy atom. The second-order valence-corrected chi connectivity index (χ2v) is 5.23. The van der Waals surface area contributed by atoms with Crippen LogP contribution in [0.4, 0.5) is 0 Å². The van der Waals surface area contributed by atoms with E-state index >= 15 is 0 Å². The van der Waals surface area contributed by atoms with Crippen molar-refractivity contribution in [3.8, 4) is 0 Å². The molecule has 1 unspecified atom stereocenters. The largest absolute Gasteiger partial charge is 0.478 e.